The fraction of sp³-hybridized carbons (Fsp3) is 1.00. The van der Waals surface area contributed by atoms with Crippen molar-refractivity contribution in [2.75, 3.05) is 53.7 Å². The standard InChI is InChI=1S/C8H23N3O3Si/c1-12-15(13-2,14-3)8-11-7-6-10-5-4-9/h10-11H,4-9H2,1-3H3. The van der Waals surface area contributed by atoms with Gasteiger partial charge in [0, 0.05) is 47.5 Å². The molecule has 0 spiro atoms. The molecule has 0 heterocycles. The summed E-state index contributed by atoms with van der Waals surface area (Å²) in [5, 5.41) is 6.40. The Labute approximate surface area is 92.8 Å². The van der Waals surface area contributed by atoms with Gasteiger partial charge in [0.25, 0.3) is 0 Å². The molecule has 0 aliphatic heterocycles. The lowest BCUT2D eigenvalue weighted by molar-refractivity contribution is 0.122. The molecule has 7 heteroatoms. The molecule has 0 aromatic carbocycles. The van der Waals surface area contributed by atoms with Gasteiger partial charge in [0.1, 0.15) is 0 Å². The number of nitrogens with two attached hydrogens (primary N) is 1. The van der Waals surface area contributed by atoms with E-state index in [1.54, 1.807) is 21.3 Å². The van der Waals surface area contributed by atoms with E-state index in [1.165, 1.54) is 0 Å². The summed E-state index contributed by atoms with van der Waals surface area (Å²) in [5.74, 6) is 0. The molecule has 0 saturated carbocycles. The van der Waals surface area contributed by atoms with Crippen molar-refractivity contribution in [3.05, 3.63) is 0 Å². The van der Waals surface area contributed by atoms with Gasteiger partial charge in [0.2, 0.25) is 0 Å². The van der Waals surface area contributed by atoms with Crippen molar-refractivity contribution in [3.8, 4) is 0 Å². The second kappa shape index (κ2) is 9.22. The van der Waals surface area contributed by atoms with Gasteiger partial charge < -0.3 is 29.6 Å². The molecule has 92 valence electrons. The summed E-state index contributed by atoms with van der Waals surface area (Å²) in [6, 6.07) is 0. The van der Waals surface area contributed by atoms with Gasteiger partial charge in [-0.3, -0.25) is 0 Å². The maximum Gasteiger partial charge on any atom is 0.514 e. The van der Waals surface area contributed by atoms with Crippen molar-refractivity contribution in [1.82, 2.24) is 10.6 Å². The highest BCUT2D eigenvalue weighted by molar-refractivity contribution is 6.60. The molecule has 0 fully saturated rings. The first-order chi connectivity index (χ1) is 7.24. The van der Waals surface area contributed by atoms with E-state index in [2.05, 4.69) is 10.6 Å². The van der Waals surface area contributed by atoms with Crippen LogP contribution in [0.1, 0.15) is 0 Å². The molecule has 0 aliphatic rings. The summed E-state index contributed by atoms with van der Waals surface area (Å²) in [7, 11) is 2.36. The molecular formula is C8H23N3O3Si. The maximum atomic E-state index is 5.34. The van der Waals surface area contributed by atoms with E-state index in [9.17, 15) is 0 Å². The van der Waals surface area contributed by atoms with Crippen molar-refractivity contribution in [3.63, 3.8) is 0 Å². The predicted molar refractivity (Wildman–Crippen MR) is 61.6 cm³/mol. The molecule has 4 N–H and O–H groups in total. The molecule has 6 nitrogen and oxygen atoms in total. The normalized spacial score (nSPS) is 12.0. The van der Waals surface area contributed by atoms with Gasteiger partial charge in [-0.1, -0.05) is 0 Å². The van der Waals surface area contributed by atoms with Crippen LogP contribution in [0.15, 0.2) is 0 Å². The summed E-state index contributed by atoms with van der Waals surface area (Å²) >= 11 is 0. The lowest BCUT2D eigenvalue weighted by Crippen LogP contribution is -2.53. The Balaban J connectivity index is 3.54. The highest BCUT2D eigenvalue weighted by Gasteiger charge is 2.37. The lowest BCUT2D eigenvalue weighted by atomic mass is 10.5. The molecule has 0 bridgehead atoms. The molecule has 0 atom stereocenters. The topological polar surface area (TPSA) is 77.8 Å². The Morgan fingerprint density at radius 1 is 0.933 bits per heavy atom. The molecular weight excluding hydrogens is 214 g/mol. The monoisotopic (exact) mass is 237 g/mol. The summed E-state index contributed by atoms with van der Waals surface area (Å²) in [4.78, 5) is 0. The van der Waals surface area contributed by atoms with Gasteiger partial charge in [-0.05, 0) is 0 Å². The maximum absolute atomic E-state index is 5.34. The Hall–Kier alpha value is -0.0231. The first kappa shape index (κ1) is 15.0. The van der Waals surface area contributed by atoms with Crippen LogP contribution < -0.4 is 16.4 Å². The molecule has 0 rings (SSSR count). The number of nitrogens with one attached hydrogen (secondary N) is 2. The van der Waals surface area contributed by atoms with Crippen molar-refractivity contribution < 1.29 is 13.3 Å². The Bertz CT molecular complexity index is 139. The molecule has 15 heavy (non-hydrogen) atoms. The summed E-state index contributed by atoms with van der Waals surface area (Å²) in [6.07, 6.45) is 0.612. The van der Waals surface area contributed by atoms with E-state index < -0.39 is 8.80 Å². The van der Waals surface area contributed by atoms with Crippen LogP contribution in [-0.2, 0) is 13.3 Å². The van der Waals surface area contributed by atoms with Crippen LogP contribution >= 0.6 is 0 Å². The van der Waals surface area contributed by atoms with Crippen LogP contribution in [0.3, 0.4) is 0 Å². The van der Waals surface area contributed by atoms with Crippen LogP contribution in [0, 0.1) is 0 Å². The summed E-state index contributed by atoms with van der Waals surface area (Å²) in [6.45, 7) is 3.21. The SMILES string of the molecule is CO[Si](CNCCNCCN)(OC)OC. The predicted octanol–water partition coefficient (Wildman–Crippen LogP) is -1.46. The molecule has 0 radical (unpaired) electrons. The number of rotatable bonds is 10. The molecule has 0 aromatic heterocycles. The first-order valence-electron chi connectivity index (χ1n) is 5.01. The van der Waals surface area contributed by atoms with Crippen molar-refractivity contribution in [2.24, 2.45) is 5.73 Å². The largest absolute Gasteiger partial charge is 0.514 e. The third kappa shape index (κ3) is 6.20. The molecule has 0 aliphatic carbocycles. The minimum atomic E-state index is -2.45. The van der Waals surface area contributed by atoms with Gasteiger partial charge in [0.15, 0.2) is 0 Å². The van der Waals surface area contributed by atoms with Gasteiger partial charge >= 0.3 is 8.80 Å². The molecule has 0 saturated heterocycles. The van der Waals surface area contributed by atoms with Crippen LogP contribution in [0.5, 0.6) is 0 Å². The molecule has 0 unspecified atom stereocenters. The Morgan fingerprint density at radius 3 is 1.93 bits per heavy atom. The minimum Gasteiger partial charge on any atom is -0.376 e. The van der Waals surface area contributed by atoms with E-state index in [0.29, 0.717) is 12.7 Å². The Kier molecular flexibility index (Phi) is 9.21. The van der Waals surface area contributed by atoms with Gasteiger partial charge in [-0.2, -0.15) is 0 Å². The minimum absolute atomic E-state index is 0.612. The van der Waals surface area contributed by atoms with Gasteiger partial charge in [0.05, 0.1) is 6.17 Å². The van der Waals surface area contributed by atoms with Crippen LogP contribution in [0.25, 0.3) is 0 Å². The smallest absolute Gasteiger partial charge is 0.376 e. The zero-order valence-electron chi connectivity index (χ0n) is 9.84. The molecule has 0 aromatic rings. The number of hydrogen-bond acceptors (Lipinski definition) is 6. The van der Waals surface area contributed by atoms with E-state index in [4.69, 9.17) is 19.0 Å². The summed E-state index contributed by atoms with van der Waals surface area (Å²) in [5.41, 5.74) is 5.34. The van der Waals surface area contributed by atoms with E-state index in [1.807, 2.05) is 0 Å². The fourth-order valence-corrected chi connectivity index (χ4v) is 2.53. The van der Waals surface area contributed by atoms with Crippen LogP contribution in [0.2, 0.25) is 0 Å². The van der Waals surface area contributed by atoms with Gasteiger partial charge in [-0.25, -0.2) is 0 Å². The van der Waals surface area contributed by atoms with E-state index in [-0.39, 0.29) is 0 Å². The highest BCUT2D eigenvalue weighted by Crippen LogP contribution is 2.03. The number of hydrogen-bond donors (Lipinski definition) is 3. The third-order valence-corrected chi connectivity index (χ3v) is 4.62. The second-order valence-electron chi connectivity index (χ2n) is 3.01. The van der Waals surface area contributed by atoms with Crippen LogP contribution in [0.4, 0.5) is 0 Å². The average molecular weight is 237 g/mol. The fourth-order valence-electron chi connectivity index (χ4n) is 1.11. The van der Waals surface area contributed by atoms with Crippen molar-refractivity contribution in [1.29, 1.82) is 0 Å². The van der Waals surface area contributed by atoms with Crippen molar-refractivity contribution in [2.45, 2.75) is 0 Å². The second-order valence-corrected chi connectivity index (χ2v) is 5.96. The quantitative estimate of drug-likeness (QED) is 0.318. The highest BCUT2D eigenvalue weighted by atomic mass is 28.4. The van der Waals surface area contributed by atoms with E-state index in [0.717, 1.165) is 19.6 Å². The van der Waals surface area contributed by atoms with Crippen LogP contribution in [-0.4, -0.2) is 62.5 Å². The van der Waals surface area contributed by atoms with Crippen molar-refractivity contribution >= 4 is 8.80 Å². The average Bonchev–Trinajstić information content (AvgIpc) is 2.29. The van der Waals surface area contributed by atoms with Gasteiger partial charge in [-0.15, -0.1) is 0 Å². The zero-order chi connectivity index (χ0) is 11.6. The van der Waals surface area contributed by atoms with E-state index >= 15 is 0 Å². The third-order valence-electron chi connectivity index (χ3n) is 2.07. The lowest BCUT2D eigenvalue weighted by Gasteiger charge is -2.24. The summed E-state index contributed by atoms with van der Waals surface area (Å²) < 4.78 is 15.8. The zero-order valence-corrected chi connectivity index (χ0v) is 10.8. The first-order valence-corrected chi connectivity index (χ1v) is 6.94. The molecule has 0 amide bonds. The Morgan fingerprint density at radius 2 is 1.47 bits per heavy atom.